The van der Waals surface area contributed by atoms with Gasteiger partial charge in [0.1, 0.15) is 5.75 Å². The Hall–Kier alpha value is -0.980. The van der Waals surface area contributed by atoms with Gasteiger partial charge in [-0.1, -0.05) is 57.6 Å². The highest BCUT2D eigenvalue weighted by atomic mass is 16.5. The molecule has 2 fully saturated rings. The highest BCUT2D eigenvalue weighted by molar-refractivity contribution is 5.29. The first-order chi connectivity index (χ1) is 12.3. The maximum Gasteiger partial charge on any atom is 0.118 e. The Morgan fingerprint density at radius 3 is 1.96 bits per heavy atom. The minimum atomic E-state index is 0.785. The van der Waals surface area contributed by atoms with Crippen LogP contribution >= 0.6 is 0 Å². The van der Waals surface area contributed by atoms with Gasteiger partial charge in [0.05, 0.1) is 7.11 Å². The van der Waals surface area contributed by atoms with Crippen molar-refractivity contribution in [3.8, 4) is 5.75 Å². The van der Waals surface area contributed by atoms with Gasteiger partial charge in [-0.25, -0.2) is 0 Å². The molecule has 2 saturated carbocycles. The van der Waals surface area contributed by atoms with Crippen molar-refractivity contribution in [2.45, 2.75) is 89.9 Å². The van der Waals surface area contributed by atoms with Crippen molar-refractivity contribution in [2.75, 3.05) is 7.11 Å². The zero-order valence-electron chi connectivity index (χ0n) is 16.5. The molecule has 1 aromatic carbocycles. The molecule has 0 aromatic heterocycles. The summed E-state index contributed by atoms with van der Waals surface area (Å²) in [7, 11) is 1.75. The number of unbranched alkanes of at least 4 members (excludes halogenated alkanes) is 2. The fourth-order valence-corrected chi connectivity index (χ4v) is 5.43. The minimum absolute atomic E-state index is 0.785. The van der Waals surface area contributed by atoms with E-state index < -0.39 is 0 Å². The van der Waals surface area contributed by atoms with Gasteiger partial charge in [-0.15, -0.1) is 0 Å². The van der Waals surface area contributed by atoms with Gasteiger partial charge in [0.15, 0.2) is 0 Å². The van der Waals surface area contributed by atoms with E-state index in [9.17, 15) is 0 Å². The molecule has 2 aliphatic carbocycles. The van der Waals surface area contributed by atoms with E-state index >= 15 is 0 Å². The first kappa shape index (κ1) is 18.8. The van der Waals surface area contributed by atoms with Crippen molar-refractivity contribution < 1.29 is 4.74 Å². The van der Waals surface area contributed by atoms with Crippen LogP contribution in [0.15, 0.2) is 24.3 Å². The van der Waals surface area contributed by atoms with Gasteiger partial charge in [-0.3, -0.25) is 0 Å². The maximum atomic E-state index is 5.29. The van der Waals surface area contributed by atoms with Crippen LogP contribution in [0.3, 0.4) is 0 Å². The summed E-state index contributed by atoms with van der Waals surface area (Å²) >= 11 is 0. The van der Waals surface area contributed by atoms with Crippen LogP contribution in [0.4, 0.5) is 0 Å². The number of benzene rings is 1. The second kappa shape index (κ2) is 9.64. The van der Waals surface area contributed by atoms with Crippen molar-refractivity contribution in [1.29, 1.82) is 0 Å². The van der Waals surface area contributed by atoms with Gasteiger partial charge < -0.3 is 4.74 Å². The van der Waals surface area contributed by atoms with Gasteiger partial charge in [0.2, 0.25) is 0 Å². The van der Waals surface area contributed by atoms with Crippen LogP contribution < -0.4 is 4.74 Å². The lowest BCUT2D eigenvalue weighted by Gasteiger charge is -2.38. The lowest BCUT2D eigenvalue weighted by Crippen LogP contribution is -2.25. The van der Waals surface area contributed by atoms with Gasteiger partial charge >= 0.3 is 0 Å². The molecular formula is C24H38O. The fourth-order valence-electron chi connectivity index (χ4n) is 5.43. The van der Waals surface area contributed by atoms with Crippen LogP contribution in [0, 0.1) is 17.8 Å². The largest absolute Gasteiger partial charge is 0.497 e. The molecule has 0 N–H and O–H groups in total. The van der Waals surface area contributed by atoms with Crippen molar-refractivity contribution in [3.63, 3.8) is 0 Å². The summed E-state index contributed by atoms with van der Waals surface area (Å²) in [6.07, 6.45) is 17.6. The third kappa shape index (κ3) is 5.25. The Balaban J connectivity index is 1.40. The third-order valence-corrected chi connectivity index (χ3v) is 7.13. The highest BCUT2D eigenvalue weighted by Gasteiger charge is 2.31. The second-order valence-corrected chi connectivity index (χ2v) is 8.66. The lowest BCUT2D eigenvalue weighted by atomic mass is 9.68. The van der Waals surface area contributed by atoms with Crippen LogP contribution in [0.2, 0.25) is 0 Å². The molecule has 0 spiro atoms. The zero-order chi connectivity index (χ0) is 17.5. The normalized spacial score (nSPS) is 30.2. The average molecular weight is 343 g/mol. The van der Waals surface area contributed by atoms with Gasteiger partial charge in [0.25, 0.3) is 0 Å². The van der Waals surface area contributed by atoms with E-state index in [4.69, 9.17) is 4.74 Å². The van der Waals surface area contributed by atoms with Crippen LogP contribution in [0.25, 0.3) is 0 Å². The smallest absolute Gasteiger partial charge is 0.118 e. The van der Waals surface area contributed by atoms with Gasteiger partial charge in [0, 0.05) is 0 Å². The van der Waals surface area contributed by atoms with Crippen LogP contribution in [0.1, 0.15) is 95.5 Å². The molecule has 3 rings (SSSR count). The standard InChI is InChI=1S/C24H38O/c1-3-4-5-6-19-7-9-20(10-8-19)21-11-13-22(14-12-21)23-15-17-24(25-2)18-16-23/h15-22H,3-14H2,1-2H3/t19-,20-,21-,22-. The van der Waals surface area contributed by atoms with E-state index in [1.165, 1.54) is 82.6 Å². The molecule has 25 heavy (non-hydrogen) atoms. The molecule has 140 valence electrons. The molecule has 2 aliphatic rings. The number of methoxy groups -OCH3 is 1. The molecule has 1 aromatic rings. The quantitative estimate of drug-likeness (QED) is 0.470. The van der Waals surface area contributed by atoms with Crippen LogP contribution in [-0.2, 0) is 0 Å². The molecule has 0 atom stereocenters. The molecule has 0 radical (unpaired) electrons. The summed E-state index contributed by atoms with van der Waals surface area (Å²) in [5.74, 6) is 4.88. The molecule has 0 aliphatic heterocycles. The summed E-state index contributed by atoms with van der Waals surface area (Å²) in [5.41, 5.74) is 1.53. The Morgan fingerprint density at radius 2 is 1.40 bits per heavy atom. The zero-order valence-corrected chi connectivity index (χ0v) is 16.5. The topological polar surface area (TPSA) is 9.23 Å². The van der Waals surface area contributed by atoms with Crippen molar-refractivity contribution in [2.24, 2.45) is 17.8 Å². The van der Waals surface area contributed by atoms with E-state index in [2.05, 4.69) is 31.2 Å². The Bertz CT molecular complexity index is 475. The van der Waals surface area contributed by atoms with E-state index in [0.717, 1.165) is 29.4 Å². The molecule has 1 nitrogen and oxygen atoms in total. The SMILES string of the molecule is CCCCC[C@H]1CC[C@H]([C@H]2CC[C@H](c3ccc(OC)cc3)CC2)CC1. The highest BCUT2D eigenvalue weighted by Crippen LogP contribution is 2.44. The summed E-state index contributed by atoms with van der Waals surface area (Å²) in [4.78, 5) is 0. The summed E-state index contributed by atoms with van der Waals surface area (Å²) < 4.78 is 5.29. The summed E-state index contributed by atoms with van der Waals surface area (Å²) in [5, 5.41) is 0. The maximum absolute atomic E-state index is 5.29. The molecule has 0 unspecified atom stereocenters. The average Bonchev–Trinajstić information content (AvgIpc) is 2.69. The van der Waals surface area contributed by atoms with Crippen molar-refractivity contribution in [3.05, 3.63) is 29.8 Å². The van der Waals surface area contributed by atoms with E-state index in [1.54, 1.807) is 7.11 Å². The first-order valence-electron chi connectivity index (χ1n) is 10.9. The van der Waals surface area contributed by atoms with E-state index in [1.807, 2.05) is 0 Å². The molecule has 0 bridgehead atoms. The summed E-state index contributed by atoms with van der Waals surface area (Å²) in [6, 6.07) is 8.82. The number of rotatable bonds is 7. The van der Waals surface area contributed by atoms with Crippen molar-refractivity contribution >= 4 is 0 Å². The molecule has 0 amide bonds. The van der Waals surface area contributed by atoms with Crippen molar-refractivity contribution in [1.82, 2.24) is 0 Å². The van der Waals surface area contributed by atoms with Crippen LogP contribution in [-0.4, -0.2) is 7.11 Å². The predicted octanol–water partition coefficient (Wildman–Crippen LogP) is 7.36. The number of hydrogen-bond donors (Lipinski definition) is 0. The minimum Gasteiger partial charge on any atom is -0.497 e. The first-order valence-corrected chi connectivity index (χ1v) is 10.9. The third-order valence-electron chi connectivity index (χ3n) is 7.13. The lowest BCUT2D eigenvalue weighted by molar-refractivity contribution is 0.155. The van der Waals surface area contributed by atoms with Gasteiger partial charge in [-0.05, 0) is 79.9 Å². The fraction of sp³-hybridized carbons (Fsp3) is 0.750. The molecular weight excluding hydrogens is 304 g/mol. The Kier molecular flexibility index (Phi) is 7.25. The Labute approximate surface area is 155 Å². The Morgan fingerprint density at radius 1 is 0.800 bits per heavy atom. The number of ether oxygens (including phenoxy) is 1. The molecule has 0 heterocycles. The number of hydrogen-bond acceptors (Lipinski definition) is 1. The summed E-state index contributed by atoms with van der Waals surface area (Å²) in [6.45, 7) is 2.32. The molecule has 0 saturated heterocycles. The molecule has 1 heteroatoms. The van der Waals surface area contributed by atoms with E-state index in [0.29, 0.717) is 0 Å². The monoisotopic (exact) mass is 342 g/mol. The van der Waals surface area contributed by atoms with Crippen LogP contribution in [0.5, 0.6) is 5.75 Å². The van der Waals surface area contributed by atoms with E-state index in [-0.39, 0.29) is 0 Å². The predicted molar refractivity (Wildman–Crippen MR) is 107 cm³/mol. The second-order valence-electron chi connectivity index (χ2n) is 8.66. The van der Waals surface area contributed by atoms with Gasteiger partial charge in [-0.2, -0.15) is 0 Å².